The number of aromatic nitrogens is 1. The number of pyridine rings is 1. The van der Waals surface area contributed by atoms with E-state index < -0.39 is 0 Å². The van der Waals surface area contributed by atoms with Crippen molar-refractivity contribution >= 4 is 5.71 Å². The fourth-order valence-corrected chi connectivity index (χ4v) is 2.14. The Labute approximate surface area is 94.3 Å². The van der Waals surface area contributed by atoms with Crippen molar-refractivity contribution in [3.63, 3.8) is 0 Å². The van der Waals surface area contributed by atoms with Crippen LogP contribution >= 0.6 is 0 Å². The van der Waals surface area contributed by atoms with E-state index >= 15 is 0 Å². The van der Waals surface area contributed by atoms with Crippen molar-refractivity contribution in [2.24, 2.45) is 11.1 Å². The third kappa shape index (κ3) is 1.69. The lowest BCUT2D eigenvalue weighted by atomic mass is 9.92. The molecule has 1 aromatic heterocycles. The van der Waals surface area contributed by atoms with Gasteiger partial charge >= 0.3 is 0 Å². The average molecular weight is 218 g/mol. The maximum atomic E-state index is 5.77. The van der Waals surface area contributed by atoms with Crippen LogP contribution in [0.4, 0.5) is 0 Å². The summed E-state index contributed by atoms with van der Waals surface area (Å²) in [6.45, 7) is 3.28. The molecule has 4 heteroatoms. The molecule has 2 atom stereocenters. The summed E-state index contributed by atoms with van der Waals surface area (Å²) in [6.07, 6.45) is 2.99. The molecule has 4 nitrogen and oxygen atoms in total. The van der Waals surface area contributed by atoms with Crippen LogP contribution < -0.4 is 0 Å². The third-order valence-corrected chi connectivity index (χ3v) is 3.17. The number of nitrogens with zero attached hydrogens (tertiary/aromatic N) is 2. The Morgan fingerprint density at radius 2 is 2.31 bits per heavy atom. The van der Waals surface area contributed by atoms with Crippen molar-refractivity contribution in [3.8, 4) is 0 Å². The smallest absolute Gasteiger partial charge is 0.125 e. The zero-order valence-corrected chi connectivity index (χ0v) is 9.22. The highest BCUT2D eigenvalue weighted by atomic mass is 16.6. The largest absolute Gasteiger partial charge is 0.395 e. The SMILES string of the molecule is Cc1ccc(C2C[C@H]3CON=C3CO2)cn1. The van der Waals surface area contributed by atoms with Gasteiger partial charge in [0.25, 0.3) is 0 Å². The van der Waals surface area contributed by atoms with Gasteiger partial charge in [-0.2, -0.15) is 0 Å². The summed E-state index contributed by atoms with van der Waals surface area (Å²) in [5.74, 6) is 0.431. The maximum absolute atomic E-state index is 5.77. The Kier molecular flexibility index (Phi) is 2.36. The molecular formula is C12H14N2O2. The highest BCUT2D eigenvalue weighted by molar-refractivity contribution is 5.89. The van der Waals surface area contributed by atoms with Crippen LogP contribution in [0.1, 0.15) is 23.8 Å². The van der Waals surface area contributed by atoms with Crippen LogP contribution in [0.2, 0.25) is 0 Å². The minimum Gasteiger partial charge on any atom is -0.395 e. The zero-order chi connectivity index (χ0) is 11.0. The highest BCUT2D eigenvalue weighted by Crippen LogP contribution is 2.32. The molecule has 84 valence electrons. The first kappa shape index (κ1) is 9.78. The quantitative estimate of drug-likeness (QED) is 0.722. The van der Waals surface area contributed by atoms with E-state index in [9.17, 15) is 0 Å². The lowest BCUT2D eigenvalue weighted by molar-refractivity contribution is 0.0434. The minimum atomic E-state index is 0.138. The standard InChI is InChI=1S/C12H14N2O2/c1-8-2-3-9(5-13-8)12-4-10-6-16-14-11(10)7-15-12/h2-3,5,10,12H,4,6-7H2,1H3/t10-,12?/m0/s1. The number of hydrogen-bond donors (Lipinski definition) is 0. The normalized spacial score (nSPS) is 28.2. The molecule has 1 aromatic rings. The van der Waals surface area contributed by atoms with E-state index in [1.807, 2.05) is 19.2 Å². The van der Waals surface area contributed by atoms with Crippen molar-refractivity contribution in [3.05, 3.63) is 29.6 Å². The van der Waals surface area contributed by atoms with Gasteiger partial charge in [-0.25, -0.2) is 0 Å². The van der Waals surface area contributed by atoms with E-state index in [1.54, 1.807) is 0 Å². The van der Waals surface area contributed by atoms with Gasteiger partial charge in [0.1, 0.15) is 6.61 Å². The van der Waals surface area contributed by atoms with Crippen LogP contribution in [-0.2, 0) is 9.57 Å². The second kappa shape index (κ2) is 3.87. The molecule has 3 rings (SSSR count). The Bertz CT molecular complexity index is 414. The first-order chi connectivity index (χ1) is 7.83. The van der Waals surface area contributed by atoms with Gasteiger partial charge in [-0.1, -0.05) is 11.2 Å². The Hall–Kier alpha value is -1.42. The molecule has 16 heavy (non-hydrogen) atoms. The molecule has 0 aliphatic carbocycles. The van der Waals surface area contributed by atoms with Gasteiger partial charge in [-0.15, -0.1) is 0 Å². The van der Waals surface area contributed by atoms with E-state index in [0.29, 0.717) is 19.1 Å². The van der Waals surface area contributed by atoms with E-state index in [0.717, 1.165) is 23.4 Å². The number of ether oxygens (including phenoxy) is 1. The van der Waals surface area contributed by atoms with Crippen LogP contribution in [0.3, 0.4) is 0 Å². The molecule has 2 aliphatic heterocycles. The molecule has 0 saturated carbocycles. The minimum absolute atomic E-state index is 0.138. The second-order valence-corrected chi connectivity index (χ2v) is 4.34. The predicted octanol–water partition coefficient (Wildman–Crippen LogP) is 1.85. The van der Waals surface area contributed by atoms with Crippen LogP contribution in [0, 0.1) is 12.8 Å². The van der Waals surface area contributed by atoms with Gasteiger partial charge in [0.15, 0.2) is 0 Å². The predicted molar refractivity (Wildman–Crippen MR) is 59.2 cm³/mol. The fraction of sp³-hybridized carbons (Fsp3) is 0.500. The number of fused-ring (bicyclic) bond motifs is 1. The summed E-state index contributed by atoms with van der Waals surface area (Å²) in [7, 11) is 0. The molecule has 2 aliphatic rings. The molecule has 0 radical (unpaired) electrons. The second-order valence-electron chi connectivity index (χ2n) is 4.34. The molecule has 0 bridgehead atoms. The Balaban J connectivity index is 1.77. The molecule has 0 amide bonds. The van der Waals surface area contributed by atoms with E-state index in [4.69, 9.17) is 9.57 Å². The summed E-state index contributed by atoms with van der Waals surface area (Å²) in [4.78, 5) is 9.39. The van der Waals surface area contributed by atoms with Gasteiger partial charge in [0.05, 0.1) is 18.4 Å². The number of aryl methyl sites for hydroxylation is 1. The monoisotopic (exact) mass is 218 g/mol. The Morgan fingerprint density at radius 3 is 3.12 bits per heavy atom. The van der Waals surface area contributed by atoms with Gasteiger partial charge in [-0.05, 0) is 25.0 Å². The summed E-state index contributed by atoms with van der Waals surface area (Å²) in [5, 5.41) is 3.98. The van der Waals surface area contributed by atoms with Gasteiger partial charge in [0, 0.05) is 17.8 Å². The number of hydrogen-bond acceptors (Lipinski definition) is 4. The van der Waals surface area contributed by atoms with Crippen LogP contribution in [0.5, 0.6) is 0 Å². The maximum Gasteiger partial charge on any atom is 0.125 e. The van der Waals surface area contributed by atoms with Crippen molar-refractivity contribution in [2.75, 3.05) is 13.2 Å². The molecule has 0 aromatic carbocycles. The average Bonchev–Trinajstić information content (AvgIpc) is 2.77. The molecule has 0 N–H and O–H groups in total. The summed E-state index contributed by atoms with van der Waals surface area (Å²) >= 11 is 0. The van der Waals surface area contributed by atoms with Gasteiger partial charge in [-0.3, -0.25) is 4.98 Å². The van der Waals surface area contributed by atoms with Crippen molar-refractivity contribution in [1.82, 2.24) is 4.98 Å². The molecule has 0 spiro atoms. The van der Waals surface area contributed by atoms with E-state index in [1.165, 1.54) is 0 Å². The summed E-state index contributed by atoms with van der Waals surface area (Å²) in [6, 6.07) is 4.11. The molecule has 1 unspecified atom stereocenters. The third-order valence-electron chi connectivity index (χ3n) is 3.17. The first-order valence-electron chi connectivity index (χ1n) is 5.56. The number of oxime groups is 1. The van der Waals surface area contributed by atoms with E-state index in [2.05, 4.69) is 16.2 Å². The van der Waals surface area contributed by atoms with Crippen molar-refractivity contribution < 1.29 is 9.57 Å². The highest BCUT2D eigenvalue weighted by Gasteiger charge is 2.32. The van der Waals surface area contributed by atoms with Gasteiger partial charge < -0.3 is 9.57 Å². The van der Waals surface area contributed by atoms with E-state index in [-0.39, 0.29) is 6.10 Å². The Morgan fingerprint density at radius 1 is 1.38 bits per heavy atom. The van der Waals surface area contributed by atoms with Crippen molar-refractivity contribution in [1.29, 1.82) is 0 Å². The molecule has 1 fully saturated rings. The number of rotatable bonds is 1. The lowest BCUT2D eigenvalue weighted by Crippen LogP contribution is -2.28. The van der Waals surface area contributed by atoms with Crippen LogP contribution in [-0.4, -0.2) is 23.9 Å². The fourth-order valence-electron chi connectivity index (χ4n) is 2.14. The van der Waals surface area contributed by atoms with Gasteiger partial charge in [0.2, 0.25) is 0 Å². The van der Waals surface area contributed by atoms with Crippen molar-refractivity contribution in [2.45, 2.75) is 19.4 Å². The van der Waals surface area contributed by atoms with Crippen LogP contribution in [0.25, 0.3) is 0 Å². The lowest BCUT2D eigenvalue weighted by Gasteiger charge is -2.26. The molecule has 3 heterocycles. The zero-order valence-electron chi connectivity index (χ0n) is 9.22. The summed E-state index contributed by atoms with van der Waals surface area (Å²) in [5.41, 5.74) is 3.24. The van der Waals surface area contributed by atoms with Crippen LogP contribution in [0.15, 0.2) is 23.5 Å². The molecular weight excluding hydrogens is 204 g/mol. The summed E-state index contributed by atoms with van der Waals surface area (Å²) < 4.78 is 5.77. The first-order valence-corrected chi connectivity index (χ1v) is 5.56. The topological polar surface area (TPSA) is 43.7 Å². The molecule has 1 saturated heterocycles.